The van der Waals surface area contributed by atoms with Crippen molar-refractivity contribution >= 4 is 40.2 Å². The molecule has 0 amide bonds. The van der Waals surface area contributed by atoms with E-state index in [1.165, 1.54) is 12.3 Å². The van der Waals surface area contributed by atoms with Crippen LogP contribution in [0.4, 0.5) is 0 Å². The largest absolute Gasteiger partial charge is 0.421 e. The van der Waals surface area contributed by atoms with Gasteiger partial charge in [0.25, 0.3) is 0 Å². The lowest BCUT2D eigenvalue weighted by atomic mass is 10.2. The van der Waals surface area contributed by atoms with Crippen LogP contribution < -0.4 is 4.74 Å². The van der Waals surface area contributed by atoms with Crippen molar-refractivity contribution in [3.8, 4) is 5.75 Å². The van der Waals surface area contributed by atoms with Crippen LogP contribution in [0.5, 0.6) is 5.75 Å². The maximum absolute atomic E-state index is 12.3. The second-order valence-electron chi connectivity index (χ2n) is 5.28. The number of carbonyl (C=O) groups is 1. The molecule has 0 radical (unpaired) electrons. The first-order valence-electron chi connectivity index (χ1n) is 6.96. The first-order chi connectivity index (χ1) is 11.0. The number of esters is 1. The molecule has 0 N–H and O–H groups in total. The molecule has 0 atom stereocenters. The van der Waals surface area contributed by atoms with Crippen molar-refractivity contribution < 1.29 is 9.53 Å². The average molecular weight is 350 g/mol. The maximum atomic E-state index is 12.3. The van der Waals surface area contributed by atoms with Crippen LogP contribution in [0.3, 0.4) is 0 Å². The lowest BCUT2D eigenvalue weighted by Crippen LogP contribution is -2.10. The van der Waals surface area contributed by atoms with Crippen molar-refractivity contribution in [2.45, 2.75) is 19.9 Å². The van der Waals surface area contributed by atoms with Gasteiger partial charge >= 0.3 is 5.97 Å². The van der Waals surface area contributed by atoms with Crippen LogP contribution in [0.15, 0.2) is 36.7 Å². The molecule has 0 aliphatic carbocycles. The summed E-state index contributed by atoms with van der Waals surface area (Å²) in [5.41, 5.74) is 1.04. The maximum Gasteiger partial charge on any atom is 0.345 e. The second-order valence-corrected chi connectivity index (χ2v) is 6.13. The Hall–Kier alpha value is -2.11. The van der Waals surface area contributed by atoms with Crippen molar-refractivity contribution in [3.05, 3.63) is 52.3 Å². The Balaban J connectivity index is 1.90. The van der Waals surface area contributed by atoms with Gasteiger partial charge in [-0.05, 0) is 32.0 Å². The van der Waals surface area contributed by atoms with E-state index in [1.54, 1.807) is 29.1 Å². The Morgan fingerprint density at radius 1 is 1.22 bits per heavy atom. The molecular weight excluding hydrogens is 337 g/mol. The van der Waals surface area contributed by atoms with Crippen molar-refractivity contribution in [2.75, 3.05) is 0 Å². The Labute approximate surface area is 142 Å². The number of ether oxygens (including phenoxy) is 1. The molecule has 2 heterocycles. The molecule has 0 spiro atoms. The summed E-state index contributed by atoms with van der Waals surface area (Å²) in [6.45, 7) is 4.02. The van der Waals surface area contributed by atoms with E-state index in [9.17, 15) is 4.79 Å². The number of hydrogen-bond donors (Lipinski definition) is 0. The third-order valence-corrected chi connectivity index (χ3v) is 3.80. The van der Waals surface area contributed by atoms with Gasteiger partial charge in [0.15, 0.2) is 11.4 Å². The van der Waals surface area contributed by atoms with E-state index in [4.69, 9.17) is 27.9 Å². The molecule has 23 heavy (non-hydrogen) atoms. The van der Waals surface area contributed by atoms with E-state index in [0.29, 0.717) is 15.6 Å². The molecule has 3 rings (SSSR count). The van der Waals surface area contributed by atoms with Crippen molar-refractivity contribution in [1.82, 2.24) is 14.8 Å². The zero-order valence-corrected chi connectivity index (χ0v) is 14.0. The molecule has 118 valence electrons. The fourth-order valence-corrected chi connectivity index (χ4v) is 2.46. The highest BCUT2D eigenvalue weighted by Gasteiger charge is 2.15. The number of nitrogens with zero attached hydrogens (tertiary/aromatic N) is 3. The molecule has 0 bridgehead atoms. The second kappa shape index (κ2) is 6.18. The lowest BCUT2D eigenvalue weighted by Gasteiger charge is -2.08. The quantitative estimate of drug-likeness (QED) is 0.514. The van der Waals surface area contributed by atoms with Gasteiger partial charge in [-0.2, -0.15) is 5.10 Å². The molecule has 0 fully saturated rings. The van der Waals surface area contributed by atoms with Gasteiger partial charge in [-0.1, -0.05) is 23.2 Å². The third-order valence-electron chi connectivity index (χ3n) is 3.25. The van der Waals surface area contributed by atoms with Crippen molar-refractivity contribution in [3.63, 3.8) is 0 Å². The average Bonchev–Trinajstić information content (AvgIpc) is 2.94. The fraction of sp³-hybridized carbons (Fsp3) is 0.188. The number of aromatic nitrogens is 3. The summed E-state index contributed by atoms with van der Waals surface area (Å²) < 4.78 is 7.08. The Morgan fingerprint density at radius 3 is 2.74 bits per heavy atom. The lowest BCUT2D eigenvalue weighted by molar-refractivity contribution is 0.0734. The molecule has 1 aromatic carbocycles. The summed E-state index contributed by atoms with van der Waals surface area (Å²) in [5, 5.41) is 5.78. The molecule has 0 saturated heterocycles. The molecule has 5 nitrogen and oxygen atoms in total. The Kier molecular flexibility index (Phi) is 4.24. The number of halogens is 2. The fourth-order valence-electron chi connectivity index (χ4n) is 2.14. The van der Waals surface area contributed by atoms with E-state index >= 15 is 0 Å². The minimum absolute atomic E-state index is 0.183. The van der Waals surface area contributed by atoms with Gasteiger partial charge in [0.1, 0.15) is 0 Å². The highest BCUT2D eigenvalue weighted by Crippen LogP contribution is 2.28. The number of fused-ring (bicyclic) bond motifs is 1. The minimum Gasteiger partial charge on any atom is -0.421 e. The monoisotopic (exact) mass is 349 g/mol. The number of hydrogen-bond acceptors (Lipinski definition) is 4. The van der Waals surface area contributed by atoms with E-state index in [2.05, 4.69) is 10.1 Å². The van der Waals surface area contributed by atoms with Crippen LogP contribution in [0.1, 0.15) is 30.2 Å². The van der Waals surface area contributed by atoms with Crippen LogP contribution in [0.25, 0.3) is 11.0 Å². The molecule has 3 aromatic rings. The SMILES string of the molecule is CC(C)n1ncc2cc(C(=O)Oc3cc(Cl)ccc3Cl)cnc21. The predicted octanol–water partition coefficient (Wildman–Crippen LogP) is 4.54. The summed E-state index contributed by atoms with van der Waals surface area (Å²) in [6, 6.07) is 6.55. The van der Waals surface area contributed by atoms with Crippen LogP contribution in [0, 0.1) is 0 Å². The predicted molar refractivity (Wildman–Crippen MR) is 89.3 cm³/mol. The molecular formula is C16H13Cl2N3O2. The van der Waals surface area contributed by atoms with Crippen molar-refractivity contribution in [1.29, 1.82) is 0 Å². The third kappa shape index (κ3) is 3.16. The standard InChI is InChI=1S/C16H13Cl2N3O2/c1-9(2)21-15-10(8-20-21)5-11(7-19-15)16(22)23-14-6-12(17)3-4-13(14)18/h3-9H,1-2H3. The highest BCUT2D eigenvalue weighted by atomic mass is 35.5. The zero-order valence-electron chi connectivity index (χ0n) is 12.5. The topological polar surface area (TPSA) is 57.0 Å². The van der Waals surface area contributed by atoms with Gasteiger partial charge in [-0.3, -0.25) is 0 Å². The summed E-state index contributed by atoms with van der Waals surface area (Å²) in [6.07, 6.45) is 3.13. The van der Waals surface area contributed by atoms with Gasteiger partial charge in [-0.25, -0.2) is 14.5 Å². The molecule has 0 saturated carbocycles. The zero-order chi connectivity index (χ0) is 16.6. The number of benzene rings is 1. The number of carbonyl (C=O) groups excluding carboxylic acids is 1. The summed E-state index contributed by atoms with van der Waals surface area (Å²) >= 11 is 11.9. The van der Waals surface area contributed by atoms with Gasteiger partial charge in [0.05, 0.1) is 16.8 Å². The van der Waals surface area contributed by atoms with E-state index in [0.717, 1.165) is 11.0 Å². The Morgan fingerprint density at radius 2 is 2.00 bits per heavy atom. The minimum atomic E-state index is -0.555. The number of pyridine rings is 1. The summed E-state index contributed by atoms with van der Waals surface area (Å²) in [5.74, 6) is -0.344. The van der Waals surface area contributed by atoms with Crippen LogP contribution in [-0.2, 0) is 0 Å². The number of rotatable bonds is 3. The molecule has 0 aliphatic rings. The van der Waals surface area contributed by atoms with Gasteiger partial charge in [0, 0.05) is 28.7 Å². The first-order valence-corrected chi connectivity index (χ1v) is 7.72. The van der Waals surface area contributed by atoms with E-state index in [1.807, 2.05) is 13.8 Å². The smallest absolute Gasteiger partial charge is 0.345 e. The first kappa shape index (κ1) is 15.8. The Bertz CT molecular complexity index is 890. The summed E-state index contributed by atoms with van der Waals surface area (Å²) in [4.78, 5) is 16.6. The van der Waals surface area contributed by atoms with E-state index < -0.39 is 5.97 Å². The molecule has 7 heteroatoms. The molecule has 0 aliphatic heterocycles. The summed E-state index contributed by atoms with van der Waals surface area (Å²) in [7, 11) is 0. The molecule has 0 unspecified atom stereocenters. The van der Waals surface area contributed by atoms with E-state index in [-0.39, 0.29) is 11.8 Å². The normalized spacial score (nSPS) is 11.2. The van der Waals surface area contributed by atoms with Gasteiger partial charge in [0.2, 0.25) is 0 Å². The van der Waals surface area contributed by atoms with Crippen LogP contribution in [0.2, 0.25) is 10.0 Å². The van der Waals surface area contributed by atoms with Crippen molar-refractivity contribution in [2.24, 2.45) is 0 Å². The van der Waals surface area contributed by atoms with Crippen LogP contribution >= 0.6 is 23.2 Å². The van der Waals surface area contributed by atoms with Gasteiger partial charge < -0.3 is 4.74 Å². The van der Waals surface area contributed by atoms with Gasteiger partial charge in [-0.15, -0.1) is 0 Å². The van der Waals surface area contributed by atoms with Crippen LogP contribution in [-0.4, -0.2) is 20.7 Å². The highest BCUT2D eigenvalue weighted by molar-refractivity contribution is 6.34. The molecule has 2 aromatic heterocycles.